The van der Waals surface area contributed by atoms with Gasteiger partial charge in [-0.2, -0.15) is 0 Å². The standard InChI is InChI=1S/C19H26N4O3/c1-19(2)7-14(16(20)24)23(10-19)18(25)13-8-21-15(12-5-6-12)17(22-13)26-9-11-3-4-11/h8,11-12,14H,3-7,9-10H2,1-2H3,(H2,20,24). The molecule has 2 N–H and O–H groups in total. The number of nitrogens with two attached hydrogens (primary N) is 1. The molecule has 1 saturated heterocycles. The van der Waals surface area contributed by atoms with E-state index >= 15 is 0 Å². The zero-order valence-corrected chi connectivity index (χ0v) is 15.4. The van der Waals surface area contributed by atoms with Gasteiger partial charge in [0.05, 0.1) is 12.8 Å². The summed E-state index contributed by atoms with van der Waals surface area (Å²) >= 11 is 0. The molecule has 0 spiro atoms. The third-order valence-electron chi connectivity index (χ3n) is 5.41. The number of primary amides is 1. The number of ether oxygens (including phenoxy) is 1. The second-order valence-electron chi connectivity index (χ2n) is 8.69. The molecular formula is C19H26N4O3. The zero-order chi connectivity index (χ0) is 18.5. The minimum Gasteiger partial charge on any atom is -0.476 e. The van der Waals surface area contributed by atoms with Crippen molar-refractivity contribution in [1.29, 1.82) is 0 Å². The normalized spacial score (nSPS) is 24.5. The van der Waals surface area contributed by atoms with Gasteiger partial charge in [-0.05, 0) is 43.4 Å². The maximum absolute atomic E-state index is 13.0. The average molecular weight is 358 g/mol. The largest absolute Gasteiger partial charge is 0.476 e. The molecule has 4 rings (SSSR count). The predicted octanol–water partition coefficient (Wildman–Crippen LogP) is 1.87. The fraction of sp³-hybridized carbons (Fsp3) is 0.684. The highest BCUT2D eigenvalue weighted by Crippen LogP contribution is 2.43. The van der Waals surface area contributed by atoms with Gasteiger partial charge in [0.15, 0.2) is 5.69 Å². The third kappa shape index (κ3) is 3.52. The molecule has 2 saturated carbocycles. The number of rotatable bonds is 6. The predicted molar refractivity (Wildman–Crippen MR) is 94.6 cm³/mol. The molecule has 1 aliphatic heterocycles. The first-order valence-corrected chi connectivity index (χ1v) is 9.44. The van der Waals surface area contributed by atoms with Gasteiger partial charge in [-0.15, -0.1) is 0 Å². The molecule has 140 valence electrons. The number of aromatic nitrogens is 2. The number of amides is 2. The Labute approximate surface area is 153 Å². The molecule has 3 fully saturated rings. The van der Waals surface area contributed by atoms with Crippen molar-refractivity contribution in [3.63, 3.8) is 0 Å². The van der Waals surface area contributed by atoms with Crippen LogP contribution in [-0.2, 0) is 4.79 Å². The molecule has 0 aromatic carbocycles. The second kappa shape index (κ2) is 6.21. The SMILES string of the molecule is CC1(C)CC(C(N)=O)N(C(=O)c2cnc(C3CC3)c(OCC3CC3)n2)C1. The number of nitrogens with zero attached hydrogens (tertiary/aromatic N) is 3. The Kier molecular flexibility index (Phi) is 4.12. The van der Waals surface area contributed by atoms with Crippen molar-refractivity contribution >= 4 is 11.8 Å². The maximum atomic E-state index is 13.0. The van der Waals surface area contributed by atoms with Gasteiger partial charge in [-0.1, -0.05) is 13.8 Å². The van der Waals surface area contributed by atoms with Crippen LogP contribution in [0, 0.1) is 11.3 Å². The van der Waals surface area contributed by atoms with E-state index in [1.54, 1.807) is 0 Å². The van der Waals surface area contributed by atoms with Gasteiger partial charge < -0.3 is 15.4 Å². The molecule has 1 aromatic heterocycles. The third-order valence-corrected chi connectivity index (χ3v) is 5.41. The summed E-state index contributed by atoms with van der Waals surface area (Å²) in [5.41, 5.74) is 6.45. The molecule has 2 aliphatic carbocycles. The minimum atomic E-state index is -0.599. The second-order valence-corrected chi connectivity index (χ2v) is 8.69. The summed E-state index contributed by atoms with van der Waals surface area (Å²) in [6, 6.07) is -0.599. The smallest absolute Gasteiger partial charge is 0.274 e. The van der Waals surface area contributed by atoms with Crippen LogP contribution in [0.25, 0.3) is 0 Å². The molecule has 1 aromatic rings. The van der Waals surface area contributed by atoms with Crippen LogP contribution in [0.3, 0.4) is 0 Å². The van der Waals surface area contributed by atoms with Crippen LogP contribution in [0.15, 0.2) is 6.20 Å². The summed E-state index contributed by atoms with van der Waals surface area (Å²) in [7, 11) is 0. The molecule has 3 aliphatic rings. The van der Waals surface area contributed by atoms with Crippen molar-refractivity contribution < 1.29 is 14.3 Å². The van der Waals surface area contributed by atoms with Crippen LogP contribution in [0.4, 0.5) is 0 Å². The number of likely N-dealkylation sites (tertiary alicyclic amines) is 1. The van der Waals surface area contributed by atoms with E-state index in [2.05, 4.69) is 9.97 Å². The summed E-state index contributed by atoms with van der Waals surface area (Å²) in [5, 5.41) is 0. The molecule has 7 heteroatoms. The number of carbonyl (C=O) groups is 2. The Balaban J connectivity index is 1.58. The maximum Gasteiger partial charge on any atom is 0.274 e. The lowest BCUT2D eigenvalue weighted by atomic mass is 9.90. The van der Waals surface area contributed by atoms with Crippen molar-refractivity contribution in [3.05, 3.63) is 17.6 Å². The summed E-state index contributed by atoms with van der Waals surface area (Å²) in [4.78, 5) is 35.3. The van der Waals surface area contributed by atoms with Crippen molar-refractivity contribution in [2.75, 3.05) is 13.2 Å². The number of carbonyl (C=O) groups excluding carboxylic acids is 2. The van der Waals surface area contributed by atoms with E-state index in [1.165, 1.54) is 23.9 Å². The number of hydrogen-bond acceptors (Lipinski definition) is 5. The van der Waals surface area contributed by atoms with Gasteiger partial charge in [0.2, 0.25) is 11.8 Å². The lowest BCUT2D eigenvalue weighted by molar-refractivity contribution is -0.121. The van der Waals surface area contributed by atoms with Gasteiger partial charge >= 0.3 is 0 Å². The van der Waals surface area contributed by atoms with Crippen molar-refractivity contribution in [1.82, 2.24) is 14.9 Å². The van der Waals surface area contributed by atoms with Crippen LogP contribution in [-0.4, -0.2) is 45.9 Å². The summed E-state index contributed by atoms with van der Waals surface area (Å²) in [6.07, 6.45) is 6.63. The highest BCUT2D eigenvalue weighted by molar-refractivity contribution is 5.96. The van der Waals surface area contributed by atoms with Crippen LogP contribution in [0.5, 0.6) is 5.88 Å². The molecule has 0 radical (unpaired) electrons. The van der Waals surface area contributed by atoms with Gasteiger partial charge in [-0.3, -0.25) is 14.6 Å². The Hall–Kier alpha value is -2.18. The molecule has 2 heterocycles. The van der Waals surface area contributed by atoms with Crippen LogP contribution in [0.1, 0.15) is 68.1 Å². The Morgan fingerprint density at radius 3 is 2.65 bits per heavy atom. The van der Waals surface area contributed by atoms with E-state index < -0.39 is 11.9 Å². The zero-order valence-electron chi connectivity index (χ0n) is 15.4. The molecular weight excluding hydrogens is 332 g/mol. The van der Waals surface area contributed by atoms with Gasteiger partial charge in [0.25, 0.3) is 5.91 Å². The van der Waals surface area contributed by atoms with E-state index in [0.717, 1.165) is 18.5 Å². The van der Waals surface area contributed by atoms with Crippen LogP contribution >= 0.6 is 0 Å². The molecule has 1 unspecified atom stereocenters. The highest BCUT2D eigenvalue weighted by atomic mass is 16.5. The Morgan fingerprint density at radius 2 is 2.04 bits per heavy atom. The Bertz CT molecular complexity index is 740. The van der Waals surface area contributed by atoms with Crippen molar-refractivity contribution in [3.8, 4) is 5.88 Å². The molecule has 26 heavy (non-hydrogen) atoms. The molecule has 0 bridgehead atoms. The first-order chi connectivity index (χ1) is 12.3. The summed E-state index contributed by atoms with van der Waals surface area (Å²) < 4.78 is 5.90. The monoisotopic (exact) mass is 358 g/mol. The minimum absolute atomic E-state index is 0.151. The Morgan fingerprint density at radius 1 is 1.31 bits per heavy atom. The van der Waals surface area contributed by atoms with Crippen LogP contribution < -0.4 is 10.5 Å². The average Bonchev–Trinajstić information content (AvgIpc) is 3.49. The first kappa shape index (κ1) is 17.2. The lowest BCUT2D eigenvalue weighted by Gasteiger charge is -2.22. The highest BCUT2D eigenvalue weighted by Gasteiger charge is 2.43. The van der Waals surface area contributed by atoms with E-state index in [1.807, 2.05) is 13.8 Å². The summed E-state index contributed by atoms with van der Waals surface area (Å²) in [5.74, 6) is 0.702. The van der Waals surface area contributed by atoms with Gasteiger partial charge in [0, 0.05) is 12.5 Å². The fourth-order valence-corrected chi connectivity index (χ4v) is 3.59. The van der Waals surface area contributed by atoms with E-state index in [4.69, 9.17) is 10.5 Å². The van der Waals surface area contributed by atoms with Gasteiger partial charge in [-0.25, -0.2) is 4.98 Å². The lowest BCUT2D eigenvalue weighted by Crippen LogP contribution is -2.44. The number of hydrogen-bond donors (Lipinski definition) is 1. The van der Waals surface area contributed by atoms with Crippen molar-refractivity contribution in [2.24, 2.45) is 17.1 Å². The first-order valence-electron chi connectivity index (χ1n) is 9.44. The van der Waals surface area contributed by atoms with Gasteiger partial charge in [0.1, 0.15) is 11.7 Å². The molecule has 7 nitrogen and oxygen atoms in total. The van der Waals surface area contributed by atoms with Crippen LogP contribution in [0.2, 0.25) is 0 Å². The van der Waals surface area contributed by atoms with E-state index in [0.29, 0.717) is 37.3 Å². The topological polar surface area (TPSA) is 98.4 Å². The molecule has 2 amide bonds. The quantitative estimate of drug-likeness (QED) is 0.837. The van der Waals surface area contributed by atoms with E-state index in [-0.39, 0.29) is 17.0 Å². The fourth-order valence-electron chi connectivity index (χ4n) is 3.59. The molecule has 1 atom stereocenters. The van der Waals surface area contributed by atoms with E-state index in [9.17, 15) is 9.59 Å². The van der Waals surface area contributed by atoms with Crippen molar-refractivity contribution in [2.45, 2.75) is 57.9 Å². The summed E-state index contributed by atoms with van der Waals surface area (Å²) in [6.45, 7) is 5.17.